The third-order valence-corrected chi connectivity index (χ3v) is 7.61. The summed E-state index contributed by atoms with van der Waals surface area (Å²) in [6, 6.07) is 6.41. The van der Waals surface area contributed by atoms with Crippen LogP contribution in [0, 0.1) is 0 Å². The lowest BCUT2D eigenvalue weighted by molar-refractivity contribution is -0.277. The summed E-state index contributed by atoms with van der Waals surface area (Å²) in [6.07, 6.45) is -10.2. The molecule has 3 fully saturated rings. The number of aliphatic hydroxyl groups is 1. The van der Waals surface area contributed by atoms with Gasteiger partial charge in [-0.05, 0) is 31.7 Å². The molecule has 38 heavy (non-hydrogen) atoms. The molecule has 3 aliphatic rings. The number of alkyl halides is 3. The van der Waals surface area contributed by atoms with Crippen molar-refractivity contribution < 1.29 is 46.8 Å². The second kappa shape index (κ2) is 11.3. The maximum absolute atomic E-state index is 13.5. The molecule has 2 heterocycles. The van der Waals surface area contributed by atoms with Crippen LogP contribution in [0.5, 0.6) is 0 Å². The van der Waals surface area contributed by atoms with Gasteiger partial charge in [0.25, 0.3) is 0 Å². The van der Waals surface area contributed by atoms with Crippen molar-refractivity contribution in [3.05, 3.63) is 35.9 Å². The molecule has 0 unspecified atom stereocenters. The molecule has 9 atom stereocenters. The predicted molar refractivity (Wildman–Crippen MR) is 127 cm³/mol. The van der Waals surface area contributed by atoms with E-state index in [0.29, 0.717) is 12.0 Å². The van der Waals surface area contributed by atoms with Crippen LogP contribution < -0.4 is 5.73 Å². The highest BCUT2D eigenvalue weighted by molar-refractivity contribution is 5.82. The maximum atomic E-state index is 13.5. The number of carbonyl (C=O) groups is 2. The van der Waals surface area contributed by atoms with Gasteiger partial charge in [0.15, 0.2) is 12.4 Å². The van der Waals surface area contributed by atoms with Gasteiger partial charge in [0.05, 0.1) is 18.2 Å². The number of fused-ring (bicyclic) bond motifs is 1. The van der Waals surface area contributed by atoms with E-state index in [1.807, 2.05) is 0 Å². The second-order valence-electron chi connectivity index (χ2n) is 10.0. The van der Waals surface area contributed by atoms with Gasteiger partial charge in [0.2, 0.25) is 0 Å². The zero-order valence-electron chi connectivity index (χ0n) is 21.4. The highest BCUT2D eigenvalue weighted by atomic mass is 19.4. The first-order chi connectivity index (χ1) is 17.9. The summed E-state index contributed by atoms with van der Waals surface area (Å²) >= 11 is 0. The van der Waals surface area contributed by atoms with E-state index in [9.17, 15) is 27.9 Å². The standard InChI is InChI=1S/C25H34F3N3O7/c1-13(14-7-5-4-6-8-14)31(23(33)25(26,27)28)12-15-9-10-17(32)22(36-15)37-20-16(29)11-18(35-3)19-21(20)38-24(34)30(19)2/h4-8,13,15-22,32H,9-12,29H2,1-3H3/t13-,15+,16+,17+,18+,19-,20-,21-,22-/m1/s1. The quantitative estimate of drug-likeness (QED) is 0.533. The molecule has 0 radical (unpaired) electrons. The molecule has 2 aliphatic heterocycles. The third-order valence-electron chi connectivity index (χ3n) is 7.61. The van der Waals surface area contributed by atoms with Crippen molar-refractivity contribution in [1.82, 2.24) is 9.80 Å². The number of amides is 2. The Kier molecular flexibility index (Phi) is 8.52. The first-order valence-electron chi connectivity index (χ1n) is 12.6. The lowest BCUT2D eigenvalue weighted by Crippen LogP contribution is -2.63. The van der Waals surface area contributed by atoms with Crippen LogP contribution in [-0.4, -0.2) is 103 Å². The van der Waals surface area contributed by atoms with Gasteiger partial charge in [0.1, 0.15) is 18.2 Å². The Labute approximate surface area is 218 Å². The van der Waals surface area contributed by atoms with E-state index in [4.69, 9.17) is 24.7 Å². The number of hydrogen-bond donors (Lipinski definition) is 2. The molecule has 0 aromatic heterocycles. The van der Waals surface area contributed by atoms with Crippen molar-refractivity contribution in [3.63, 3.8) is 0 Å². The molecule has 1 aromatic carbocycles. The normalized spacial score (nSPS) is 34.4. The zero-order chi connectivity index (χ0) is 27.8. The highest BCUT2D eigenvalue weighted by Gasteiger charge is 2.55. The number of benzene rings is 1. The van der Waals surface area contributed by atoms with Gasteiger partial charge in [-0.1, -0.05) is 30.3 Å². The molecule has 2 saturated heterocycles. The molecule has 212 valence electrons. The Morgan fingerprint density at radius 3 is 2.61 bits per heavy atom. The number of nitrogens with two attached hydrogens (primary N) is 1. The molecule has 1 aliphatic carbocycles. The lowest BCUT2D eigenvalue weighted by atomic mass is 9.83. The first-order valence-corrected chi connectivity index (χ1v) is 12.6. The van der Waals surface area contributed by atoms with Gasteiger partial charge >= 0.3 is 18.2 Å². The molecular formula is C25H34F3N3O7. The number of nitrogens with zero attached hydrogens (tertiary/aromatic N) is 2. The van der Waals surface area contributed by atoms with E-state index in [1.54, 1.807) is 37.4 Å². The van der Waals surface area contributed by atoms with E-state index < -0.39 is 73.1 Å². The molecule has 0 spiro atoms. The topological polar surface area (TPSA) is 124 Å². The Balaban J connectivity index is 1.50. The summed E-state index contributed by atoms with van der Waals surface area (Å²) in [7, 11) is 3.09. The Morgan fingerprint density at radius 2 is 1.97 bits per heavy atom. The van der Waals surface area contributed by atoms with Crippen LogP contribution in [0.15, 0.2) is 30.3 Å². The molecule has 4 rings (SSSR count). The van der Waals surface area contributed by atoms with E-state index in [-0.39, 0.29) is 19.4 Å². The summed E-state index contributed by atoms with van der Waals surface area (Å²) in [4.78, 5) is 26.8. The summed E-state index contributed by atoms with van der Waals surface area (Å²) in [5.74, 6) is -1.98. The smallest absolute Gasteiger partial charge is 0.441 e. The number of hydrogen-bond acceptors (Lipinski definition) is 8. The molecule has 0 bridgehead atoms. The molecule has 1 saturated carbocycles. The average Bonchev–Trinajstić information content (AvgIpc) is 3.18. The summed E-state index contributed by atoms with van der Waals surface area (Å²) in [5.41, 5.74) is 6.87. The number of rotatable bonds is 7. The summed E-state index contributed by atoms with van der Waals surface area (Å²) < 4.78 is 63.5. The SMILES string of the molecule is CO[C@H]1C[C@H](N)[C@@H](O[C@H]2O[C@H](CN(C(=O)C(F)(F)F)[C@H](C)c3ccccc3)CC[C@@H]2O)[C@@H]2OC(=O)N(C)[C@@H]21. The van der Waals surface area contributed by atoms with Crippen molar-refractivity contribution >= 4 is 12.0 Å². The van der Waals surface area contributed by atoms with Gasteiger partial charge < -0.3 is 39.6 Å². The zero-order valence-corrected chi connectivity index (χ0v) is 21.4. The minimum absolute atomic E-state index is 0.166. The number of carbonyl (C=O) groups excluding carboxylic acids is 2. The van der Waals surface area contributed by atoms with E-state index in [0.717, 1.165) is 4.90 Å². The van der Waals surface area contributed by atoms with Crippen molar-refractivity contribution in [2.45, 2.75) is 87.3 Å². The fraction of sp³-hybridized carbons (Fsp3) is 0.680. The van der Waals surface area contributed by atoms with Crippen LogP contribution in [0.25, 0.3) is 0 Å². The first kappa shape index (κ1) is 28.6. The van der Waals surface area contributed by atoms with Crippen LogP contribution in [0.1, 0.15) is 37.8 Å². The highest BCUT2D eigenvalue weighted by Crippen LogP contribution is 2.36. The van der Waals surface area contributed by atoms with Gasteiger partial charge in [-0.25, -0.2) is 4.79 Å². The molecule has 2 amide bonds. The molecule has 1 aromatic rings. The van der Waals surface area contributed by atoms with E-state index >= 15 is 0 Å². The largest absolute Gasteiger partial charge is 0.471 e. The summed E-state index contributed by atoms with van der Waals surface area (Å²) in [5, 5.41) is 10.6. The Bertz CT molecular complexity index is 985. The van der Waals surface area contributed by atoms with Crippen LogP contribution in [-0.2, 0) is 23.7 Å². The van der Waals surface area contributed by atoms with Crippen LogP contribution in [0.4, 0.5) is 18.0 Å². The van der Waals surface area contributed by atoms with Crippen LogP contribution in [0.2, 0.25) is 0 Å². The predicted octanol–water partition coefficient (Wildman–Crippen LogP) is 1.95. The second-order valence-corrected chi connectivity index (χ2v) is 10.0. The van der Waals surface area contributed by atoms with Crippen molar-refractivity contribution in [3.8, 4) is 0 Å². The lowest BCUT2D eigenvalue weighted by Gasteiger charge is -2.44. The van der Waals surface area contributed by atoms with Crippen molar-refractivity contribution in [2.24, 2.45) is 5.73 Å². The van der Waals surface area contributed by atoms with Gasteiger partial charge in [-0.3, -0.25) is 4.79 Å². The van der Waals surface area contributed by atoms with Crippen LogP contribution >= 0.6 is 0 Å². The van der Waals surface area contributed by atoms with Crippen molar-refractivity contribution in [1.29, 1.82) is 0 Å². The van der Waals surface area contributed by atoms with Crippen molar-refractivity contribution in [2.75, 3.05) is 20.7 Å². The Morgan fingerprint density at radius 1 is 1.29 bits per heavy atom. The van der Waals surface area contributed by atoms with Crippen LogP contribution in [0.3, 0.4) is 0 Å². The molecule has 3 N–H and O–H groups in total. The van der Waals surface area contributed by atoms with Gasteiger partial charge in [0, 0.05) is 26.7 Å². The monoisotopic (exact) mass is 545 g/mol. The molecule has 10 nitrogen and oxygen atoms in total. The number of aliphatic hydroxyl groups excluding tert-OH is 1. The Hall–Kier alpha value is -2.45. The van der Waals surface area contributed by atoms with Gasteiger partial charge in [-0.15, -0.1) is 0 Å². The number of likely N-dealkylation sites (N-methyl/N-ethyl adjacent to an activating group) is 1. The fourth-order valence-electron chi connectivity index (χ4n) is 5.50. The van der Waals surface area contributed by atoms with Gasteiger partial charge in [-0.2, -0.15) is 13.2 Å². The fourth-order valence-corrected chi connectivity index (χ4v) is 5.50. The molecular weight excluding hydrogens is 511 g/mol. The molecule has 13 heteroatoms. The number of halogens is 3. The minimum Gasteiger partial charge on any atom is -0.441 e. The maximum Gasteiger partial charge on any atom is 0.471 e. The van der Waals surface area contributed by atoms with E-state index in [2.05, 4.69) is 0 Å². The third kappa shape index (κ3) is 5.76. The van der Waals surface area contributed by atoms with E-state index in [1.165, 1.54) is 18.9 Å². The number of methoxy groups -OCH3 is 1. The average molecular weight is 546 g/mol. The number of ether oxygens (including phenoxy) is 4. The summed E-state index contributed by atoms with van der Waals surface area (Å²) in [6.45, 7) is 1.15. The minimum atomic E-state index is -5.08.